The van der Waals surface area contributed by atoms with Crippen LogP contribution >= 0.6 is 11.5 Å². The molecular formula is C12H22N4O2S. The van der Waals surface area contributed by atoms with E-state index in [-0.39, 0.29) is 23.4 Å². The molecule has 1 rings (SSSR count). The fourth-order valence-electron chi connectivity index (χ4n) is 1.34. The number of hydrogen-bond donors (Lipinski definition) is 3. The average molecular weight is 286 g/mol. The lowest BCUT2D eigenvalue weighted by atomic mass is 10.1. The van der Waals surface area contributed by atoms with Crippen molar-refractivity contribution in [2.45, 2.75) is 39.3 Å². The van der Waals surface area contributed by atoms with E-state index in [1.54, 1.807) is 7.11 Å². The van der Waals surface area contributed by atoms with Crippen molar-refractivity contribution in [3.8, 4) is 0 Å². The van der Waals surface area contributed by atoms with Crippen molar-refractivity contribution >= 4 is 28.3 Å². The summed E-state index contributed by atoms with van der Waals surface area (Å²) in [6.07, 6.45) is 0. The van der Waals surface area contributed by atoms with Crippen LogP contribution in [0.4, 0.5) is 10.8 Å². The van der Waals surface area contributed by atoms with Crippen molar-refractivity contribution in [2.75, 3.05) is 24.7 Å². The van der Waals surface area contributed by atoms with Crippen molar-refractivity contribution in [2.24, 2.45) is 0 Å². The van der Waals surface area contributed by atoms with E-state index in [2.05, 4.69) is 15.0 Å². The van der Waals surface area contributed by atoms with Gasteiger partial charge in [0, 0.05) is 19.7 Å². The average Bonchev–Trinajstić information content (AvgIpc) is 2.67. The Morgan fingerprint density at radius 1 is 1.53 bits per heavy atom. The molecule has 6 nitrogen and oxygen atoms in total. The lowest BCUT2D eigenvalue weighted by Crippen LogP contribution is -2.33. The third-order valence-electron chi connectivity index (χ3n) is 2.59. The monoisotopic (exact) mass is 286 g/mol. The molecule has 0 atom stereocenters. The first-order valence-electron chi connectivity index (χ1n) is 6.12. The van der Waals surface area contributed by atoms with Crippen LogP contribution in [0.25, 0.3) is 0 Å². The van der Waals surface area contributed by atoms with E-state index in [0.29, 0.717) is 17.1 Å². The summed E-state index contributed by atoms with van der Waals surface area (Å²) in [7, 11) is 1.65. The van der Waals surface area contributed by atoms with Gasteiger partial charge in [-0.3, -0.25) is 4.79 Å². The van der Waals surface area contributed by atoms with Crippen molar-refractivity contribution < 1.29 is 9.53 Å². The number of anilines is 2. The number of nitrogens with two attached hydrogens (primary N) is 1. The fourth-order valence-corrected chi connectivity index (χ4v) is 2.05. The maximum absolute atomic E-state index is 12.1. The highest BCUT2D eigenvalue weighted by Crippen LogP contribution is 2.27. The second-order valence-electron chi connectivity index (χ2n) is 5.22. The van der Waals surface area contributed by atoms with Crippen LogP contribution in [-0.2, 0) is 4.74 Å². The standard InChI is InChI=1S/C12H22N4O2S/c1-7(2)15-10(17)8-9(13)16-19-11(8)14-6-12(3,4)18-5/h7,14H,6H2,1-5H3,(H2,13,16)(H,15,17). The van der Waals surface area contributed by atoms with Gasteiger partial charge in [-0.05, 0) is 39.2 Å². The number of carbonyl (C=O) groups is 1. The van der Waals surface area contributed by atoms with Gasteiger partial charge in [0.25, 0.3) is 5.91 Å². The summed E-state index contributed by atoms with van der Waals surface area (Å²) in [4.78, 5) is 12.1. The summed E-state index contributed by atoms with van der Waals surface area (Å²) >= 11 is 1.18. The van der Waals surface area contributed by atoms with Gasteiger partial charge in [0.05, 0.1) is 5.60 Å². The molecule has 0 fully saturated rings. The first-order chi connectivity index (χ1) is 8.76. The quantitative estimate of drug-likeness (QED) is 0.740. The molecule has 0 saturated heterocycles. The Bertz CT molecular complexity index is 443. The molecule has 0 bridgehead atoms. The number of aromatic nitrogens is 1. The van der Waals surface area contributed by atoms with Gasteiger partial charge >= 0.3 is 0 Å². The van der Waals surface area contributed by atoms with Crippen LogP contribution in [0.3, 0.4) is 0 Å². The molecule has 7 heteroatoms. The summed E-state index contributed by atoms with van der Waals surface area (Å²) < 4.78 is 9.35. The van der Waals surface area contributed by atoms with Gasteiger partial charge in [-0.2, -0.15) is 4.37 Å². The van der Waals surface area contributed by atoms with Gasteiger partial charge < -0.3 is 21.1 Å². The van der Waals surface area contributed by atoms with Crippen molar-refractivity contribution in [3.63, 3.8) is 0 Å². The molecule has 1 aromatic heterocycles. The summed E-state index contributed by atoms with van der Waals surface area (Å²) in [5, 5.41) is 6.65. The van der Waals surface area contributed by atoms with Gasteiger partial charge in [-0.1, -0.05) is 0 Å². The number of nitrogens with zero attached hydrogens (tertiary/aromatic N) is 1. The van der Waals surface area contributed by atoms with E-state index in [9.17, 15) is 4.79 Å². The Hall–Kier alpha value is -1.34. The van der Waals surface area contributed by atoms with E-state index in [1.807, 2.05) is 27.7 Å². The SMILES string of the molecule is COC(C)(C)CNc1snc(N)c1C(=O)NC(C)C. The Morgan fingerprint density at radius 3 is 2.68 bits per heavy atom. The van der Waals surface area contributed by atoms with Crippen LogP contribution in [-0.4, -0.2) is 35.6 Å². The summed E-state index contributed by atoms with van der Waals surface area (Å²) in [6, 6.07) is 0.0510. The Labute approximate surface area is 117 Å². The van der Waals surface area contributed by atoms with E-state index >= 15 is 0 Å². The normalized spacial score (nSPS) is 11.7. The summed E-state index contributed by atoms with van der Waals surface area (Å²) in [5.41, 5.74) is 5.84. The van der Waals surface area contributed by atoms with Crippen LogP contribution in [0.15, 0.2) is 0 Å². The third-order valence-corrected chi connectivity index (χ3v) is 3.41. The van der Waals surface area contributed by atoms with Gasteiger partial charge in [-0.15, -0.1) is 0 Å². The molecule has 108 valence electrons. The molecule has 1 aromatic rings. The number of carbonyl (C=O) groups excluding carboxylic acids is 1. The minimum Gasteiger partial charge on any atom is -0.382 e. The number of nitrogens with one attached hydrogen (secondary N) is 2. The second kappa shape index (κ2) is 6.21. The van der Waals surface area contributed by atoms with E-state index in [0.717, 1.165) is 0 Å². The summed E-state index contributed by atoms with van der Waals surface area (Å²) in [5.74, 6) is 0.0415. The molecule has 0 aliphatic carbocycles. The second-order valence-corrected chi connectivity index (χ2v) is 5.99. The Balaban J connectivity index is 2.83. The maximum Gasteiger partial charge on any atom is 0.258 e. The number of hydrogen-bond acceptors (Lipinski definition) is 6. The molecule has 19 heavy (non-hydrogen) atoms. The lowest BCUT2D eigenvalue weighted by Gasteiger charge is -2.23. The smallest absolute Gasteiger partial charge is 0.258 e. The van der Waals surface area contributed by atoms with Gasteiger partial charge in [0.2, 0.25) is 0 Å². The largest absolute Gasteiger partial charge is 0.382 e. The highest BCUT2D eigenvalue weighted by Gasteiger charge is 2.22. The number of nitrogen functional groups attached to an aromatic ring is 1. The van der Waals surface area contributed by atoms with Crippen molar-refractivity contribution in [1.82, 2.24) is 9.69 Å². The first kappa shape index (κ1) is 15.7. The minimum absolute atomic E-state index is 0.0510. The van der Waals surface area contributed by atoms with Crippen molar-refractivity contribution in [3.05, 3.63) is 5.56 Å². The van der Waals surface area contributed by atoms with Crippen LogP contribution in [0.1, 0.15) is 38.1 Å². The van der Waals surface area contributed by atoms with Crippen LogP contribution in [0.2, 0.25) is 0 Å². The third kappa shape index (κ3) is 4.36. The summed E-state index contributed by atoms with van der Waals surface area (Å²) in [6.45, 7) is 8.27. The fraction of sp³-hybridized carbons (Fsp3) is 0.667. The predicted octanol–water partition coefficient (Wildman–Crippen LogP) is 1.70. The lowest BCUT2D eigenvalue weighted by molar-refractivity contribution is 0.0344. The predicted molar refractivity (Wildman–Crippen MR) is 78.7 cm³/mol. The Kier molecular flexibility index (Phi) is 5.13. The number of methoxy groups -OCH3 is 1. The zero-order valence-electron chi connectivity index (χ0n) is 12.0. The van der Waals surface area contributed by atoms with Crippen LogP contribution in [0.5, 0.6) is 0 Å². The maximum atomic E-state index is 12.1. The molecule has 1 amide bonds. The molecule has 0 spiro atoms. The number of amides is 1. The highest BCUT2D eigenvalue weighted by atomic mass is 32.1. The zero-order valence-corrected chi connectivity index (χ0v) is 12.9. The Morgan fingerprint density at radius 2 is 2.16 bits per heavy atom. The molecule has 0 aliphatic heterocycles. The highest BCUT2D eigenvalue weighted by molar-refractivity contribution is 7.11. The first-order valence-corrected chi connectivity index (χ1v) is 6.89. The van der Waals surface area contributed by atoms with E-state index in [4.69, 9.17) is 10.5 Å². The van der Waals surface area contributed by atoms with Crippen LogP contribution in [0, 0.1) is 0 Å². The molecule has 0 aliphatic rings. The molecule has 0 unspecified atom stereocenters. The molecule has 4 N–H and O–H groups in total. The molecule has 1 heterocycles. The minimum atomic E-state index is -0.329. The topological polar surface area (TPSA) is 89.3 Å². The van der Waals surface area contributed by atoms with Crippen molar-refractivity contribution in [1.29, 1.82) is 0 Å². The van der Waals surface area contributed by atoms with Crippen LogP contribution < -0.4 is 16.4 Å². The number of rotatable bonds is 6. The van der Waals surface area contributed by atoms with E-state index in [1.165, 1.54) is 11.5 Å². The zero-order chi connectivity index (χ0) is 14.6. The molecule has 0 saturated carbocycles. The van der Waals surface area contributed by atoms with E-state index < -0.39 is 0 Å². The molecule has 0 radical (unpaired) electrons. The number of ether oxygens (including phenoxy) is 1. The van der Waals surface area contributed by atoms with Gasteiger partial charge in [0.15, 0.2) is 5.82 Å². The molecular weight excluding hydrogens is 264 g/mol. The van der Waals surface area contributed by atoms with Gasteiger partial charge in [-0.25, -0.2) is 0 Å². The van der Waals surface area contributed by atoms with Gasteiger partial charge in [0.1, 0.15) is 10.6 Å². The molecule has 0 aromatic carbocycles.